The minimum absolute atomic E-state index is 0.0836. The number of nitrogens with one attached hydrogen (secondary N) is 1. The largest absolute Gasteiger partial charge is 0.349 e. The highest BCUT2D eigenvalue weighted by Crippen LogP contribution is 2.36. The number of fused-ring (bicyclic) bond motifs is 1. The van der Waals surface area contributed by atoms with E-state index in [0.717, 1.165) is 43.7 Å². The number of piperidine rings is 1. The fourth-order valence-electron chi connectivity index (χ4n) is 5.16. The van der Waals surface area contributed by atoms with E-state index < -0.39 is 10.0 Å². The van der Waals surface area contributed by atoms with E-state index in [4.69, 9.17) is 0 Å². The molecule has 1 fully saturated rings. The minimum Gasteiger partial charge on any atom is -0.349 e. The predicted molar refractivity (Wildman–Crippen MR) is 138 cm³/mol. The lowest BCUT2D eigenvalue weighted by molar-refractivity contribution is 0.0908. The molecule has 0 saturated carbocycles. The van der Waals surface area contributed by atoms with Crippen LogP contribution in [0.5, 0.6) is 0 Å². The van der Waals surface area contributed by atoms with Crippen molar-refractivity contribution < 1.29 is 13.2 Å². The second-order valence-corrected chi connectivity index (χ2v) is 11.3. The van der Waals surface area contributed by atoms with E-state index in [2.05, 4.69) is 34.5 Å². The Morgan fingerprint density at radius 2 is 1.66 bits per heavy atom. The average Bonchev–Trinajstić information content (AvgIpc) is 3.22. The molecule has 2 aliphatic rings. The summed E-state index contributed by atoms with van der Waals surface area (Å²) in [5.41, 5.74) is 3.41. The maximum Gasteiger partial charge on any atom is 0.264 e. The zero-order chi connectivity index (χ0) is 24.4. The molecule has 1 saturated heterocycles. The number of amides is 1. The Bertz CT molecular complexity index is 1300. The lowest BCUT2D eigenvalue weighted by Gasteiger charge is -2.32. The summed E-state index contributed by atoms with van der Waals surface area (Å²) in [4.78, 5) is 15.6. The number of carbonyl (C=O) groups excluding carboxylic acids is 1. The Labute approximate surface area is 207 Å². The first kappa shape index (κ1) is 23.6. The van der Waals surface area contributed by atoms with Crippen LogP contribution in [0.4, 0.5) is 5.69 Å². The van der Waals surface area contributed by atoms with E-state index in [1.165, 1.54) is 15.9 Å². The van der Waals surface area contributed by atoms with Gasteiger partial charge < -0.3 is 5.32 Å². The molecule has 3 aromatic carbocycles. The average molecular weight is 490 g/mol. The molecule has 2 heterocycles. The second kappa shape index (κ2) is 9.84. The number of benzene rings is 3. The van der Waals surface area contributed by atoms with Crippen LogP contribution in [0.1, 0.15) is 41.3 Å². The normalized spacial score (nSPS) is 18.9. The first-order valence-corrected chi connectivity index (χ1v) is 13.7. The fourth-order valence-corrected chi connectivity index (χ4v) is 6.90. The van der Waals surface area contributed by atoms with E-state index >= 15 is 0 Å². The lowest BCUT2D eigenvalue weighted by atomic mass is 10.0. The molecule has 1 atom stereocenters. The molecule has 0 radical (unpaired) electrons. The minimum atomic E-state index is -3.78. The summed E-state index contributed by atoms with van der Waals surface area (Å²) < 4.78 is 28.6. The molecular weight excluding hydrogens is 458 g/mol. The van der Waals surface area contributed by atoms with Crippen LogP contribution in [0.25, 0.3) is 0 Å². The molecule has 1 N–H and O–H groups in total. The van der Waals surface area contributed by atoms with Gasteiger partial charge in [0.2, 0.25) is 0 Å². The Kier molecular flexibility index (Phi) is 6.62. The number of hydrogen-bond acceptors (Lipinski definition) is 4. The standard InChI is InChI=1S/C28H31N3O3S/c1-21-18-23-10-5-6-13-27(23)31(21)35(33,34)26-12-7-11-24(19-26)28(32)29-25-14-16-30(17-15-25)20-22-8-3-2-4-9-22/h2-13,19,21,25H,14-18,20H2,1H3,(H,29,32). The molecule has 0 bridgehead atoms. The Morgan fingerprint density at radius 3 is 2.43 bits per heavy atom. The molecule has 0 aliphatic carbocycles. The van der Waals surface area contributed by atoms with Gasteiger partial charge in [-0.05, 0) is 61.6 Å². The fraction of sp³-hybridized carbons (Fsp3) is 0.321. The highest BCUT2D eigenvalue weighted by atomic mass is 32.2. The number of sulfonamides is 1. The summed E-state index contributed by atoms with van der Waals surface area (Å²) in [7, 11) is -3.78. The first-order valence-electron chi connectivity index (χ1n) is 12.2. The maximum absolute atomic E-state index is 13.5. The Morgan fingerprint density at radius 1 is 0.943 bits per heavy atom. The van der Waals surface area contributed by atoms with Crippen molar-refractivity contribution in [2.75, 3.05) is 17.4 Å². The van der Waals surface area contributed by atoms with Gasteiger partial charge in [0, 0.05) is 37.3 Å². The van der Waals surface area contributed by atoms with Crippen molar-refractivity contribution in [1.29, 1.82) is 0 Å². The summed E-state index contributed by atoms with van der Waals surface area (Å²) in [5.74, 6) is -0.224. The number of nitrogens with zero attached hydrogens (tertiary/aromatic N) is 2. The zero-order valence-electron chi connectivity index (χ0n) is 19.9. The molecule has 1 unspecified atom stereocenters. The first-order chi connectivity index (χ1) is 16.9. The Balaban J connectivity index is 1.24. The third-order valence-corrected chi connectivity index (χ3v) is 8.89. The number of hydrogen-bond donors (Lipinski definition) is 1. The number of carbonyl (C=O) groups is 1. The van der Waals surface area contributed by atoms with Crippen molar-refractivity contribution in [3.63, 3.8) is 0 Å². The predicted octanol–water partition coefficient (Wildman–Crippen LogP) is 4.22. The highest BCUT2D eigenvalue weighted by Gasteiger charge is 2.36. The molecular formula is C28H31N3O3S. The molecule has 5 rings (SSSR count). The van der Waals surface area contributed by atoms with Gasteiger partial charge in [0.25, 0.3) is 15.9 Å². The monoisotopic (exact) mass is 489 g/mol. The van der Waals surface area contributed by atoms with Gasteiger partial charge in [0.15, 0.2) is 0 Å². The molecule has 1 amide bonds. The van der Waals surface area contributed by atoms with Gasteiger partial charge in [-0.3, -0.25) is 14.0 Å². The SMILES string of the molecule is CC1Cc2ccccc2N1S(=O)(=O)c1cccc(C(=O)NC2CCN(Cc3ccccc3)CC2)c1. The topological polar surface area (TPSA) is 69.7 Å². The Hall–Kier alpha value is -3.16. The van der Waals surface area contributed by atoms with Gasteiger partial charge in [0.1, 0.15) is 0 Å². The van der Waals surface area contributed by atoms with Gasteiger partial charge >= 0.3 is 0 Å². The van der Waals surface area contributed by atoms with Crippen molar-refractivity contribution in [1.82, 2.24) is 10.2 Å². The van der Waals surface area contributed by atoms with Crippen molar-refractivity contribution in [2.24, 2.45) is 0 Å². The molecule has 2 aliphatic heterocycles. The smallest absolute Gasteiger partial charge is 0.264 e. The van der Waals surface area contributed by atoms with Gasteiger partial charge in [0.05, 0.1) is 10.6 Å². The molecule has 3 aromatic rings. The lowest BCUT2D eigenvalue weighted by Crippen LogP contribution is -2.44. The summed E-state index contributed by atoms with van der Waals surface area (Å²) in [6.45, 7) is 4.67. The van der Waals surface area contributed by atoms with E-state index in [1.54, 1.807) is 18.2 Å². The van der Waals surface area contributed by atoms with Crippen molar-refractivity contribution in [3.05, 3.63) is 95.6 Å². The van der Waals surface area contributed by atoms with Gasteiger partial charge in [-0.15, -0.1) is 0 Å². The van der Waals surface area contributed by atoms with E-state index in [0.29, 0.717) is 12.0 Å². The highest BCUT2D eigenvalue weighted by molar-refractivity contribution is 7.92. The number of likely N-dealkylation sites (tertiary alicyclic amines) is 1. The third kappa shape index (κ3) is 4.97. The molecule has 35 heavy (non-hydrogen) atoms. The number of para-hydroxylation sites is 1. The van der Waals surface area contributed by atoms with E-state index in [1.807, 2.05) is 37.3 Å². The van der Waals surface area contributed by atoms with Crippen LogP contribution in [-0.2, 0) is 23.0 Å². The summed E-state index contributed by atoms with van der Waals surface area (Å²) in [6, 6.07) is 24.3. The molecule has 6 nitrogen and oxygen atoms in total. The molecule has 0 aromatic heterocycles. The van der Waals surface area contributed by atoms with Gasteiger partial charge in [-0.1, -0.05) is 54.6 Å². The van der Waals surface area contributed by atoms with E-state index in [9.17, 15) is 13.2 Å². The third-order valence-electron chi connectivity index (χ3n) is 6.97. The van der Waals surface area contributed by atoms with Gasteiger partial charge in [-0.25, -0.2) is 8.42 Å². The van der Waals surface area contributed by atoms with Crippen LogP contribution in [0.15, 0.2) is 83.8 Å². The van der Waals surface area contributed by atoms with Crippen LogP contribution < -0.4 is 9.62 Å². The van der Waals surface area contributed by atoms with Gasteiger partial charge in [-0.2, -0.15) is 0 Å². The maximum atomic E-state index is 13.5. The summed E-state index contributed by atoms with van der Waals surface area (Å²) >= 11 is 0. The summed E-state index contributed by atoms with van der Waals surface area (Å²) in [5, 5.41) is 3.12. The molecule has 7 heteroatoms. The van der Waals surface area contributed by atoms with Crippen LogP contribution in [0.3, 0.4) is 0 Å². The van der Waals surface area contributed by atoms with Crippen LogP contribution in [-0.4, -0.2) is 44.4 Å². The molecule has 0 spiro atoms. The number of rotatable bonds is 6. The molecule has 182 valence electrons. The van der Waals surface area contributed by atoms with Crippen LogP contribution >= 0.6 is 0 Å². The van der Waals surface area contributed by atoms with Crippen molar-refractivity contribution in [3.8, 4) is 0 Å². The zero-order valence-corrected chi connectivity index (χ0v) is 20.7. The van der Waals surface area contributed by atoms with Crippen molar-refractivity contribution in [2.45, 2.75) is 49.7 Å². The summed E-state index contributed by atoms with van der Waals surface area (Å²) in [6.07, 6.45) is 2.43. The number of anilines is 1. The quantitative estimate of drug-likeness (QED) is 0.563. The van der Waals surface area contributed by atoms with Crippen LogP contribution in [0.2, 0.25) is 0 Å². The van der Waals surface area contributed by atoms with E-state index in [-0.39, 0.29) is 22.9 Å². The van der Waals surface area contributed by atoms with Crippen LogP contribution in [0, 0.1) is 0 Å². The second-order valence-electron chi connectivity index (χ2n) is 9.52. The van der Waals surface area contributed by atoms with Crippen molar-refractivity contribution >= 4 is 21.6 Å².